The predicted molar refractivity (Wildman–Crippen MR) is 110 cm³/mol. The van der Waals surface area contributed by atoms with E-state index in [0.717, 1.165) is 42.6 Å². The van der Waals surface area contributed by atoms with Gasteiger partial charge >= 0.3 is 0 Å². The smallest absolute Gasteiger partial charge is 0.253 e. The van der Waals surface area contributed by atoms with Gasteiger partial charge in [-0.2, -0.15) is 5.26 Å². The minimum atomic E-state index is -0.317. The summed E-state index contributed by atoms with van der Waals surface area (Å²) in [5.41, 5.74) is 5.75. The molecule has 0 atom stereocenters. The van der Waals surface area contributed by atoms with Crippen LogP contribution in [0.4, 0.5) is 5.00 Å². The van der Waals surface area contributed by atoms with Gasteiger partial charge < -0.3 is 10.1 Å². The number of fused-ring (bicyclic) bond motifs is 1. The Bertz CT molecular complexity index is 897. The van der Waals surface area contributed by atoms with E-state index < -0.39 is 0 Å². The fourth-order valence-corrected chi connectivity index (χ4v) is 4.41. The summed E-state index contributed by atoms with van der Waals surface area (Å²) in [6.45, 7) is 3.70. The molecule has 28 heavy (non-hydrogen) atoms. The summed E-state index contributed by atoms with van der Waals surface area (Å²) in [4.78, 5) is 18.7. The van der Waals surface area contributed by atoms with Crippen LogP contribution in [0.5, 0.6) is 5.75 Å². The number of aryl methyl sites for hydroxylation is 1. The monoisotopic (exact) mass is 397 g/mol. The van der Waals surface area contributed by atoms with Crippen LogP contribution in [-0.4, -0.2) is 19.6 Å². The number of thiophene rings is 1. The first-order valence-corrected chi connectivity index (χ1v) is 9.99. The van der Waals surface area contributed by atoms with Gasteiger partial charge in [-0.05, 0) is 61.1 Å². The maximum absolute atomic E-state index is 12.2. The highest BCUT2D eigenvalue weighted by atomic mass is 32.1. The molecule has 1 heterocycles. The number of benzene rings is 1. The maximum atomic E-state index is 12.2. The molecule has 6 nitrogen and oxygen atoms in total. The first-order valence-electron chi connectivity index (χ1n) is 9.18. The number of rotatable bonds is 7. The molecule has 0 aliphatic heterocycles. The van der Waals surface area contributed by atoms with E-state index >= 15 is 0 Å². The van der Waals surface area contributed by atoms with Crippen LogP contribution in [0.15, 0.2) is 30.8 Å². The number of carbonyl (C=O) groups excluding carboxylic acids is 1. The number of amides is 1. The van der Waals surface area contributed by atoms with E-state index in [9.17, 15) is 10.1 Å². The molecule has 0 saturated heterocycles. The van der Waals surface area contributed by atoms with Gasteiger partial charge in [-0.1, -0.05) is 13.0 Å². The van der Waals surface area contributed by atoms with E-state index in [0.29, 0.717) is 16.3 Å². The Balaban J connectivity index is 1.53. The van der Waals surface area contributed by atoms with Crippen LogP contribution in [0.1, 0.15) is 40.8 Å². The predicted octanol–water partition coefficient (Wildman–Crippen LogP) is 4.03. The van der Waals surface area contributed by atoms with E-state index in [1.54, 1.807) is 7.11 Å². The molecule has 1 aliphatic rings. The summed E-state index contributed by atoms with van der Waals surface area (Å²) >= 11 is 1.51. The highest BCUT2D eigenvalue weighted by Gasteiger charge is 2.21. The lowest BCUT2D eigenvalue weighted by molar-refractivity contribution is -0.122. The van der Waals surface area contributed by atoms with Gasteiger partial charge in [0, 0.05) is 4.88 Å². The summed E-state index contributed by atoms with van der Waals surface area (Å²) in [7, 11) is 1.60. The highest BCUT2D eigenvalue weighted by Crippen LogP contribution is 2.36. The fourth-order valence-electron chi connectivity index (χ4n) is 3.15. The SMILES string of the molecule is C=C(NOCC(=O)Nc1sc2c(c1C#N)CCCCC2)c1ccc(OC)cc1. The average molecular weight is 398 g/mol. The molecule has 3 rings (SSSR count). The van der Waals surface area contributed by atoms with Crippen molar-refractivity contribution in [2.45, 2.75) is 32.1 Å². The lowest BCUT2D eigenvalue weighted by Gasteiger charge is -2.10. The zero-order valence-electron chi connectivity index (χ0n) is 15.8. The number of nitrogens with zero attached hydrogens (tertiary/aromatic N) is 1. The Hall–Kier alpha value is -2.82. The topological polar surface area (TPSA) is 83.4 Å². The number of hydrogen-bond donors (Lipinski definition) is 2. The Kier molecular flexibility index (Phi) is 6.69. The van der Waals surface area contributed by atoms with Crippen LogP contribution in [0, 0.1) is 11.3 Å². The van der Waals surface area contributed by atoms with Crippen molar-refractivity contribution >= 4 is 27.9 Å². The lowest BCUT2D eigenvalue weighted by Crippen LogP contribution is -2.23. The van der Waals surface area contributed by atoms with Crippen LogP contribution >= 0.6 is 11.3 Å². The number of ether oxygens (including phenoxy) is 1. The van der Waals surface area contributed by atoms with Crippen molar-refractivity contribution in [3.05, 3.63) is 52.4 Å². The second-order valence-electron chi connectivity index (χ2n) is 6.53. The first kappa shape index (κ1) is 19.9. The molecule has 0 spiro atoms. The molecular weight excluding hydrogens is 374 g/mol. The maximum Gasteiger partial charge on any atom is 0.253 e. The number of methoxy groups -OCH3 is 1. The van der Waals surface area contributed by atoms with E-state index in [2.05, 4.69) is 23.4 Å². The standard InChI is InChI=1S/C21H23N3O3S/c1-14(15-8-10-16(26-2)11-9-15)24-27-13-20(25)23-21-18(12-22)17-6-4-3-5-7-19(17)28-21/h8-11,24H,1,3-7,13H2,2H3,(H,23,25). The number of hydrogen-bond acceptors (Lipinski definition) is 6. The van der Waals surface area contributed by atoms with Crippen molar-refractivity contribution in [2.24, 2.45) is 0 Å². The molecule has 1 amide bonds. The van der Waals surface area contributed by atoms with Gasteiger partial charge in [0.15, 0.2) is 6.61 Å². The molecule has 1 aromatic heterocycles. The molecule has 0 saturated carbocycles. The summed E-state index contributed by atoms with van der Waals surface area (Å²) < 4.78 is 5.12. The molecule has 1 aromatic carbocycles. The summed E-state index contributed by atoms with van der Waals surface area (Å²) in [6, 6.07) is 9.58. The molecular formula is C21H23N3O3S. The highest BCUT2D eigenvalue weighted by molar-refractivity contribution is 7.16. The van der Waals surface area contributed by atoms with Gasteiger partial charge in [0.1, 0.15) is 16.8 Å². The van der Waals surface area contributed by atoms with Crippen LogP contribution < -0.4 is 15.5 Å². The Morgan fingerprint density at radius 3 is 2.71 bits per heavy atom. The molecule has 2 N–H and O–H groups in total. The number of nitriles is 1. The number of carbonyl (C=O) groups is 1. The van der Waals surface area contributed by atoms with Crippen molar-refractivity contribution in [3.63, 3.8) is 0 Å². The van der Waals surface area contributed by atoms with Crippen LogP contribution in [0.3, 0.4) is 0 Å². The van der Waals surface area contributed by atoms with Gasteiger partial charge in [-0.15, -0.1) is 11.3 Å². The number of nitrogens with one attached hydrogen (secondary N) is 2. The zero-order chi connectivity index (χ0) is 19.9. The van der Waals surface area contributed by atoms with Gasteiger partial charge in [0.2, 0.25) is 0 Å². The van der Waals surface area contributed by atoms with Crippen molar-refractivity contribution in [1.82, 2.24) is 5.48 Å². The van der Waals surface area contributed by atoms with Crippen molar-refractivity contribution in [3.8, 4) is 11.8 Å². The molecule has 0 bridgehead atoms. The summed E-state index contributed by atoms with van der Waals surface area (Å²) in [5, 5.41) is 13.0. The quantitative estimate of drug-likeness (QED) is 0.544. The third kappa shape index (κ3) is 4.71. The van der Waals surface area contributed by atoms with Gasteiger partial charge in [0.25, 0.3) is 5.91 Å². The number of anilines is 1. The minimum Gasteiger partial charge on any atom is -0.497 e. The summed E-state index contributed by atoms with van der Waals surface area (Å²) in [6.07, 6.45) is 5.29. The Morgan fingerprint density at radius 1 is 1.25 bits per heavy atom. The van der Waals surface area contributed by atoms with Crippen molar-refractivity contribution < 1.29 is 14.4 Å². The van der Waals surface area contributed by atoms with Gasteiger partial charge in [-0.3, -0.25) is 15.1 Å². The minimum absolute atomic E-state index is 0.192. The zero-order valence-corrected chi connectivity index (χ0v) is 16.7. The molecule has 7 heteroatoms. The van der Waals surface area contributed by atoms with E-state index in [1.807, 2.05) is 24.3 Å². The Labute approximate surface area is 168 Å². The van der Waals surface area contributed by atoms with E-state index in [1.165, 1.54) is 22.6 Å². The molecule has 0 fully saturated rings. The molecule has 1 aliphatic carbocycles. The van der Waals surface area contributed by atoms with Crippen molar-refractivity contribution in [2.75, 3.05) is 19.0 Å². The number of hydroxylamine groups is 1. The molecule has 146 valence electrons. The van der Waals surface area contributed by atoms with Crippen LogP contribution in [0.2, 0.25) is 0 Å². The van der Waals surface area contributed by atoms with E-state index in [-0.39, 0.29) is 12.5 Å². The molecule has 2 aromatic rings. The second-order valence-corrected chi connectivity index (χ2v) is 7.63. The van der Waals surface area contributed by atoms with Crippen molar-refractivity contribution in [1.29, 1.82) is 5.26 Å². The fraction of sp³-hybridized carbons (Fsp3) is 0.333. The second kappa shape index (κ2) is 9.40. The average Bonchev–Trinajstić information content (AvgIpc) is 2.86. The third-order valence-corrected chi connectivity index (χ3v) is 5.83. The van der Waals surface area contributed by atoms with E-state index in [4.69, 9.17) is 9.57 Å². The lowest BCUT2D eigenvalue weighted by atomic mass is 10.1. The van der Waals surface area contributed by atoms with Gasteiger partial charge in [0.05, 0.1) is 18.4 Å². The Morgan fingerprint density at radius 2 is 2.00 bits per heavy atom. The summed E-state index contributed by atoms with van der Waals surface area (Å²) in [5.74, 6) is 0.433. The first-order chi connectivity index (χ1) is 13.6. The van der Waals surface area contributed by atoms with Gasteiger partial charge in [-0.25, -0.2) is 0 Å². The third-order valence-electron chi connectivity index (χ3n) is 4.62. The van der Waals surface area contributed by atoms with Crippen LogP contribution in [0.25, 0.3) is 5.70 Å². The van der Waals surface area contributed by atoms with Crippen LogP contribution in [-0.2, 0) is 22.5 Å². The molecule has 0 unspecified atom stereocenters. The normalized spacial score (nSPS) is 13.0. The largest absolute Gasteiger partial charge is 0.497 e. The molecule has 0 radical (unpaired) electrons.